The predicted octanol–water partition coefficient (Wildman–Crippen LogP) is 1.55. The Hall–Kier alpha value is -1.97. The van der Waals surface area contributed by atoms with Crippen LogP contribution in [0.25, 0.3) is 11.3 Å². The molecule has 0 spiro atoms. The van der Waals surface area contributed by atoms with Crippen molar-refractivity contribution in [1.29, 1.82) is 0 Å². The molecule has 2 rings (SSSR count). The monoisotopic (exact) mass is 174 g/mol. The number of rotatable bonds is 2. The predicted molar refractivity (Wildman–Crippen MR) is 45.1 cm³/mol. The quantitative estimate of drug-likeness (QED) is 0.648. The SMILES string of the molecule is O=Cc1nc(-c2ccncc2)co1. The summed E-state index contributed by atoms with van der Waals surface area (Å²) in [6, 6.07) is 3.60. The van der Waals surface area contributed by atoms with Crippen LogP contribution in [0.15, 0.2) is 35.2 Å². The van der Waals surface area contributed by atoms with E-state index in [0.717, 1.165) is 5.56 Å². The second-order valence-corrected chi connectivity index (χ2v) is 2.42. The van der Waals surface area contributed by atoms with Crippen LogP contribution in [0.4, 0.5) is 0 Å². The van der Waals surface area contributed by atoms with E-state index in [9.17, 15) is 4.79 Å². The Kier molecular flexibility index (Phi) is 1.88. The van der Waals surface area contributed by atoms with E-state index in [4.69, 9.17) is 4.42 Å². The van der Waals surface area contributed by atoms with Gasteiger partial charge in [0.1, 0.15) is 12.0 Å². The Labute approximate surface area is 74.2 Å². The van der Waals surface area contributed by atoms with E-state index in [2.05, 4.69) is 9.97 Å². The van der Waals surface area contributed by atoms with Crippen LogP contribution in [-0.2, 0) is 0 Å². The molecular formula is C9H6N2O2. The molecule has 4 nitrogen and oxygen atoms in total. The maximum absolute atomic E-state index is 10.3. The second-order valence-electron chi connectivity index (χ2n) is 2.42. The van der Waals surface area contributed by atoms with Crippen molar-refractivity contribution in [3.05, 3.63) is 36.7 Å². The molecule has 0 radical (unpaired) electrons. The summed E-state index contributed by atoms with van der Waals surface area (Å²) in [6.07, 6.45) is 5.33. The van der Waals surface area contributed by atoms with Crippen molar-refractivity contribution in [2.45, 2.75) is 0 Å². The van der Waals surface area contributed by atoms with Gasteiger partial charge in [-0.2, -0.15) is 0 Å². The number of aromatic nitrogens is 2. The van der Waals surface area contributed by atoms with E-state index in [1.807, 2.05) is 0 Å². The van der Waals surface area contributed by atoms with Crippen LogP contribution < -0.4 is 0 Å². The zero-order valence-electron chi connectivity index (χ0n) is 6.68. The summed E-state index contributed by atoms with van der Waals surface area (Å²) in [6.45, 7) is 0. The van der Waals surface area contributed by atoms with Gasteiger partial charge in [-0.1, -0.05) is 0 Å². The molecule has 0 aliphatic carbocycles. The molecule has 2 aromatic rings. The van der Waals surface area contributed by atoms with Gasteiger partial charge in [-0.05, 0) is 12.1 Å². The number of hydrogen-bond acceptors (Lipinski definition) is 4. The molecule has 0 saturated heterocycles. The van der Waals surface area contributed by atoms with Crippen molar-refractivity contribution in [1.82, 2.24) is 9.97 Å². The van der Waals surface area contributed by atoms with Crippen LogP contribution in [0.1, 0.15) is 10.7 Å². The zero-order valence-corrected chi connectivity index (χ0v) is 6.68. The number of carbonyl (C=O) groups is 1. The molecule has 0 unspecified atom stereocenters. The van der Waals surface area contributed by atoms with Crippen molar-refractivity contribution >= 4 is 6.29 Å². The minimum atomic E-state index is 0.0896. The van der Waals surface area contributed by atoms with Gasteiger partial charge in [-0.25, -0.2) is 4.98 Å². The fourth-order valence-electron chi connectivity index (χ4n) is 0.997. The smallest absolute Gasteiger partial charge is 0.260 e. The van der Waals surface area contributed by atoms with Crippen LogP contribution in [-0.4, -0.2) is 16.3 Å². The Balaban J connectivity index is 2.41. The molecule has 0 amide bonds. The molecule has 0 atom stereocenters. The van der Waals surface area contributed by atoms with E-state index < -0.39 is 0 Å². The molecule has 0 fully saturated rings. The van der Waals surface area contributed by atoms with Crippen molar-refractivity contribution < 1.29 is 9.21 Å². The summed E-state index contributed by atoms with van der Waals surface area (Å²) in [5, 5.41) is 0. The molecule has 0 aliphatic rings. The molecule has 0 aromatic carbocycles. The summed E-state index contributed by atoms with van der Waals surface area (Å²) < 4.78 is 4.87. The van der Waals surface area contributed by atoms with Gasteiger partial charge in [-0.3, -0.25) is 9.78 Å². The normalized spacial score (nSPS) is 9.85. The third-order valence-corrected chi connectivity index (χ3v) is 1.60. The van der Waals surface area contributed by atoms with Gasteiger partial charge in [0.15, 0.2) is 0 Å². The summed E-state index contributed by atoms with van der Waals surface area (Å²) in [4.78, 5) is 18.1. The number of hydrogen-bond donors (Lipinski definition) is 0. The van der Waals surface area contributed by atoms with Crippen LogP contribution in [0, 0.1) is 0 Å². The van der Waals surface area contributed by atoms with E-state index in [-0.39, 0.29) is 5.89 Å². The first-order chi connectivity index (χ1) is 6.40. The number of oxazole rings is 1. The second kappa shape index (κ2) is 3.18. The first-order valence-corrected chi connectivity index (χ1v) is 3.71. The first kappa shape index (κ1) is 7.67. The maximum Gasteiger partial charge on any atom is 0.260 e. The van der Waals surface area contributed by atoms with Gasteiger partial charge in [-0.15, -0.1) is 0 Å². The molecule has 4 heteroatoms. The van der Waals surface area contributed by atoms with E-state index in [1.54, 1.807) is 24.5 Å². The Bertz CT molecular complexity index is 409. The molecule has 0 aliphatic heterocycles. The average Bonchev–Trinajstić information content (AvgIpc) is 2.67. The van der Waals surface area contributed by atoms with Gasteiger partial charge in [0.05, 0.1) is 0 Å². The van der Waals surface area contributed by atoms with Gasteiger partial charge < -0.3 is 4.42 Å². The summed E-state index contributed by atoms with van der Waals surface area (Å²) >= 11 is 0. The van der Waals surface area contributed by atoms with Gasteiger partial charge >= 0.3 is 0 Å². The van der Waals surface area contributed by atoms with Gasteiger partial charge in [0.25, 0.3) is 5.89 Å². The summed E-state index contributed by atoms with van der Waals surface area (Å²) in [5.74, 6) is 0.0896. The number of carbonyl (C=O) groups excluding carboxylic acids is 1. The highest BCUT2D eigenvalue weighted by Gasteiger charge is 2.03. The van der Waals surface area contributed by atoms with Crippen molar-refractivity contribution in [2.24, 2.45) is 0 Å². The van der Waals surface area contributed by atoms with Crippen LogP contribution in [0.2, 0.25) is 0 Å². The lowest BCUT2D eigenvalue weighted by molar-refractivity contribution is 0.109. The van der Waals surface area contributed by atoms with Gasteiger partial charge in [0, 0.05) is 18.0 Å². The molecular weight excluding hydrogens is 168 g/mol. The molecule has 13 heavy (non-hydrogen) atoms. The Morgan fingerprint density at radius 2 is 2.08 bits per heavy atom. The number of pyridine rings is 1. The topological polar surface area (TPSA) is 56.0 Å². The fourth-order valence-corrected chi connectivity index (χ4v) is 0.997. The minimum Gasteiger partial charge on any atom is -0.442 e. The Morgan fingerprint density at radius 3 is 2.69 bits per heavy atom. The number of nitrogens with zero attached hydrogens (tertiary/aromatic N) is 2. The lowest BCUT2D eigenvalue weighted by atomic mass is 10.2. The minimum absolute atomic E-state index is 0.0896. The molecule has 0 bridgehead atoms. The van der Waals surface area contributed by atoms with Crippen LogP contribution in [0.3, 0.4) is 0 Å². The molecule has 2 heterocycles. The van der Waals surface area contributed by atoms with Gasteiger partial charge in [0.2, 0.25) is 6.29 Å². The highest BCUT2D eigenvalue weighted by atomic mass is 16.3. The molecule has 64 valence electrons. The lowest BCUT2D eigenvalue weighted by Crippen LogP contribution is -1.80. The van der Waals surface area contributed by atoms with E-state index >= 15 is 0 Å². The lowest BCUT2D eigenvalue weighted by Gasteiger charge is -1.90. The Morgan fingerprint density at radius 1 is 1.31 bits per heavy atom. The van der Waals surface area contributed by atoms with E-state index in [1.165, 1.54) is 6.26 Å². The van der Waals surface area contributed by atoms with Crippen LogP contribution >= 0.6 is 0 Å². The largest absolute Gasteiger partial charge is 0.442 e. The molecule has 2 aromatic heterocycles. The third kappa shape index (κ3) is 1.46. The molecule has 0 N–H and O–H groups in total. The first-order valence-electron chi connectivity index (χ1n) is 3.71. The summed E-state index contributed by atoms with van der Waals surface area (Å²) in [7, 11) is 0. The highest BCUT2D eigenvalue weighted by molar-refractivity contribution is 5.70. The third-order valence-electron chi connectivity index (χ3n) is 1.60. The number of aldehydes is 1. The van der Waals surface area contributed by atoms with Crippen LogP contribution in [0.5, 0.6) is 0 Å². The summed E-state index contributed by atoms with van der Waals surface area (Å²) in [5.41, 5.74) is 1.52. The highest BCUT2D eigenvalue weighted by Crippen LogP contribution is 2.16. The average molecular weight is 174 g/mol. The zero-order chi connectivity index (χ0) is 9.10. The van der Waals surface area contributed by atoms with Crippen molar-refractivity contribution in [2.75, 3.05) is 0 Å². The van der Waals surface area contributed by atoms with Crippen molar-refractivity contribution in [3.8, 4) is 11.3 Å². The standard InChI is InChI=1S/C9H6N2O2/c12-5-9-11-8(6-13-9)7-1-3-10-4-2-7/h1-6H. The maximum atomic E-state index is 10.3. The molecule has 0 saturated carbocycles. The fraction of sp³-hybridized carbons (Fsp3) is 0. The van der Waals surface area contributed by atoms with Crippen molar-refractivity contribution in [3.63, 3.8) is 0 Å². The van der Waals surface area contributed by atoms with E-state index in [0.29, 0.717) is 12.0 Å².